The maximum atomic E-state index is 12.9. The molecule has 6 heteroatoms. The van der Waals surface area contributed by atoms with Gasteiger partial charge in [0.25, 0.3) is 0 Å². The number of allylic oxidation sites excluding steroid dienone is 14. The van der Waals surface area contributed by atoms with E-state index in [2.05, 4.69) is 106 Å². The standard InChI is InChI=1S/C74H130O6/c1-4-7-10-13-16-19-22-25-28-30-32-33-34-35-36-37-38-39-40-42-43-46-49-52-55-58-61-64-67-73(76)79-70-71(69-78-72(75)66-63-60-57-54-51-48-45-27-24-21-18-15-12-9-6-3)80-74(77)68-65-62-59-56-53-50-47-44-41-31-29-26-23-20-17-14-11-8-5-2/h9,12,17-18,20-21,26-27,29,41,44-45,51,54,71H,4-8,10-11,13-16,19,22-25,28,30-40,42-43,46-50,52-53,55-70H2,1-3H3/b12-9-,20-17-,21-18-,29-26-,44-41-,45-27-,54-51-. The van der Waals surface area contributed by atoms with Gasteiger partial charge in [0, 0.05) is 19.3 Å². The van der Waals surface area contributed by atoms with E-state index in [0.717, 1.165) is 109 Å². The second-order valence-corrected chi connectivity index (χ2v) is 23.1. The number of carbonyl (C=O) groups is 3. The highest BCUT2D eigenvalue weighted by atomic mass is 16.6. The number of carbonyl (C=O) groups excluding carboxylic acids is 3. The zero-order chi connectivity index (χ0) is 57.8. The molecule has 0 amide bonds. The second-order valence-electron chi connectivity index (χ2n) is 23.1. The Hall–Kier alpha value is -3.41. The summed E-state index contributed by atoms with van der Waals surface area (Å²) in [5, 5.41) is 0. The summed E-state index contributed by atoms with van der Waals surface area (Å²) in [6.45, 7) is 6.50. The van der Waals surface area contributed by atoms with E-state index < -0.39 is 6.10 Å². The molecule has 0 spiro atoms. The molecule has 462 valence electrons. The van der Waals surface area contributed by atoms with Crippen LogP contribution in [0.25, 0.3) is 0 Å². The van der Waals surface area contributed by atoms with E-state index in [9.17, 15) is 14.4 Å². The summed E-state index contributed by atoms with van der Waals surface area (Å²) in [5.74, 6) is -0.933. The summed E-state index contributed by atoms with van der Waals surface area (Å²) in [4.78, 5) is 38.4. The van der Waals surface area contributed by atoms with Crippen LogP contribution in [0.1, 0.15) is 348 Å². The summed E-state index contributed by atoms with van der Waals surface area (Å²) >= 11 is 0. The lowest BCUT2D eigenvalue weighted by Gasteiger charge is -2.18. The van der Waals surface area contributed by atoms with Gasteiger partial charge >= 0.3 is 17.9 Å². The van der Waals surface area contributed by atoms with Crippen molar-refractivity contribution in [2.24, 2.45) is 0 Å². The highest BCUT2D eigenvalue weighted by molar-refractivity contribution is 5.71. The maximum absolute atomic E-state index is 12.9. The molecule has 0 bridgehead atoms. The van der Waals surface area contributed by atoms with Gasteiger partial charge in [-0.15, -0.1) is 0 Å². The normalized spacial score (nSPS) is 12.6. The van der Waals surface area contributed by atoms with E-state index in [1.165, 1.54) is 199 Å². The van der Waals surface area contributed by atoms with Crippen molar-refractivity contribution in [2.75, 3.05) is 13.2 Å². The minimum Gasteiger partial charge on any atom is -0.462 e. The molecule has 0 radical (unpaired) electrons. The monoisotopic (exact) mass is 1110 g/mol. The van der Waals surface area contributed by atoms with Crippen LogP contribution in [0, 0.1) is 0 Å². The highest BCUT2D eigenvalue weighted by Gasteiger charge is 2.19. The van der Waals surface area contributed by atoms with Gasteiger partial charge < -0.3 is 14.2 Å². The summed E-state index contributed by atoms with van der Waals surface area (Å²) in [6.07, 6.45) is 90.5. The van der Waals surface area contributed by atoms with Gasteiger partial charge in [0.15, 0.2) is 6.10 Å². The molecule has 0 rings (SSSR count). The number of unbranched alkanes of at least 4 members (excludes halogenated alkanes) is 38. The van der Waals surface area contributed by atoms with Crippen LogP contribution in [-0.2, 0) is 28.6 Å². The fourth-order valence-electron chi connectivity index (χ4n) is 9.97. The van der Waals surface area contributed by atoms with Crippen molar-refractivity contribution in [1.82, 2.24) is 0 Å². The molecule has 0 aromatic heterocycles. The summed E-state index contributed by atoms with van der Waals surface area (Å²) < 4.78 is 16.9. The number of ether oxygens (including phenoxy) is 3. The van der Waals surface area contributed by atoms with Crippen molar-refractivity contribution in [3.8, 4) is 0 Å². The Kier molecular flexibility index (Phi) is 65.2. The first-order chi connectivity index (χ1) is 39.5. The van der Waals surface area contributed by atoms with Crippen LogP contribution >= 0.6 is 0 Å². The zero-order valence-corrected chi connectivity index (χ0v) is 53.1. The minimum absolute atomic E-state index is 0.0928. The van der Waals surface area contributed by atoms with Gasteiger partial charge in [0.05, 0.1) is 0 Å². The van der Waals surface area contributed by atoms with Crippen LogP contribution in [0.3, 0.4) is 0 Å². The number of esters is 3. The predicted molar refractivity (Wildman–Crippen MR) is 348 cm³/mol. The molecule has 0 saturated heterocycles. The fourth-order valence-corrected chi connectivity index (χ4v) is 9.97. The number of rotatable bonds is 63. The third kappa shape index (κ3) is 65.4. The van der Waals surface area contributed by atoms with Crippen LogP contribution in [0.2, 0.25) is 0 Å². The third-order valence-electron chi connectivity index (χ3n) is 15.1. The number of hydrogen-bond acceptors (Lipinski definition) is 6. The van der Waals surface area contributed by atoms with E-state index in [4.69, 9.17) is 14.2 Å². The lowest BCUT2D eigenvalue weighted by atomic mass is 10.0. The van der Waals surface area contributed by atoms with Gasteiger partial charge in [-0.1, -0.05) is 318 Å². The summed E-state index contributed by atoms with van der Waals surface area (Å²) in [7, 11) is 0. The Morgan fingerprint density at radius 1 is 0.263 bits per heavy atom. The molecule has 0 aliphatic heterocycles. The number of hydrogen-bond donors (Lipinski definition) is 0. The Labute approximate surface area is 496 Å². The van der Waals surface area contributed by atoms with Crippen LogP contribution in [0.4, 0.5) is 0 Å². The third-order valence-corrected chi connectivity index (χ3v) is 15.1. The molecule has 0 heterocycles. The average Bonchev–Trinajstić information content (AvgIpc) is 3.46. The average molecular weight is 1120 g/mol. The van der Waals surface area contributed by atoms with Crippen LogP contribution in [0.5, 0.6) is 0 Å². The molecule has 0 aromatic rings. The van der Waals surface area contributed by atoms with E-state index in [0.29, 0.717) is 19.3 Å². The van der Waals surface area contributed by atoms with Crippen molar-refractivity contribution < 1.29 is 28.6 Å². The van der Waals surface area contributed by atoms with Crippen molar-refractivity contribution in [2.45, 2.75) is 354 Å². The first-order valence-electron chi connectivity index (χ1n) is 34.6. The van der Waals surface area contributed by atoms with E-state index in [1.54, 1.807) is 0 Å². The lowest BCUT2D eigenvalue weighted by molar-refractivity contribution is -0.167. The molecule has 0 aliphatic carbocycles. The van der Waals surface area contributed by atoms with Crippen molar-refractivity contribution in [3.05, 3.63) is 85.1 Å². The van der Waals surface area contributed by atoms with Gasteiger partial charge in [-0.05, 0) is 96.3 Å². The molecule has 1 atom stereocenters. The molecule has 0 N–H and O–H groups in total. The molecular formula is C74H130O6. The first-order valence-corrected chi connectivity index (χ1v) is 34.6. The molecule has 1 unspecified atom stereocenters. The Balaban J connectivity index is 4.29. The Bertz CT molecular complexity index is 1520. The van der Waals surface area contributed by atoms with Crippen molar-refractivity contribution in [3.63, 3.8) is 0 Å². The van der Waals surface area contributed by atoms with Gasteiger partial charge in [0.1, 0.15) is 13.2 Å². The molecule has 0 saturated carbocycles. The highest BCUT2D eigenvalue weighted by Crippen LogP contribution is 2.18. The molecule has 6 nitrogen and oxygen atoms in total. The Morgan fingerprint density at radius 2 is 0.487 bits per heavy atom. The Morgan fingerprint density at radius 3 is 0.812 bits per heavy atom. The van der Waals surface area contributed by atoms with Crippen LogP contribution in [-0.4, -0.2) is 37.2 Å². The van der Waals surface area contributed by atoms with E-state index >= 15 is 0 Å². The summed E-state index contributed by atoms with van der Waals surface area (Å²) in [5.41, 5.74) is 0. The maximum Gasteiger partial charge on any atom is 0.306 e. The molecule has 0 aromatic carbocycles. The lowest BCUT2D eigenvalue weighted by Crippen LogP contribution is -2.30. The molecule has 0 fully saturated rings. The van der Waals surface area contributed by atoms with Crippen molar-refractivity contribution >= 4 is 17.9 Å². The molecule has 80 heavy (non-hydrogen) atoms. The SMILES string of the molecule is CC/C=C\C/C=C\C/C=C\C/C=C\CCCCC(=O)OCC(COC(=O)CCCCCCCCCCCCCCCCCCCCCCCCCCCCCC)OC(=O)CCCCCCCC/C=C\C/C=C\C/C=C\CCCCC. The quantitative estimate of drug-likeness (QED) is 0.0261. The molecule has 0 aliphatic rings. The topological polar surface area (TPSA) is 78.9 Å². The van der Waals surface area contributed by atoms with Crippen LogP contribution in [0.15, 0.2) is 85.1 Å². The van der Waals surface area contributed by atoms with Gasteiger partial charge in [-0.2, -0.15) is 0 Å². The fraction of sp³-hybridized carbons (Fsp3) is 0.770. The van der Waals surface area contributed by atoms with E-state index in [1.807, 2.05) is 0 Å². The van der Waals surface area contributed by atoms with Gasteiger partial charge in [-0.3, -0.25) is 14.4 Å². The summed E-state index contributed by atoms with van der Waals surface area (Å²) in [6, 6.07) is 0. The van der Waals surface area contributed by atoms with Crippen LogP contribution < -0.4 is 0 Å². The predicted octanol–water partition coefficient (Wildman–Crippen LogP) is 23.8. The first kappa shape index (κ1) is 76.6. The zero-order valence-electron chi connectivity index (χ0n) is 53.1. The van der Waals surface area contributed by atoms with Gasteiger partial charge in [-0.25, -0.2) is 0 Å². The van der Waals surface area contributed by atoms with Gasteiger partial charge in [0.2, 0.25) is 0 Å². The second kappa shape index (κ2) is 68.1. The van der Waals surface area contributed by atoms with Crippen molar-refractivity contribution in [1.29, 1.82) is 0 Å². The minimum atomic E-state index is -0.802. The largest absolute Gasteiger partial charge is 0.462 e. The molecular weight excluding hydrogens is 985 g/mol. The van der Waals surface area contributed by atoms with E-state index in [-0.39, 0.29) is 31.1 Å². The smallest absolute Gasteiger partial charge is 0.306 e.